The van der Waals surface area contributed by atoms with E-state index in [1.54, 1.807) is 12.1 Å². The van der Waals surface area contributed by atoms with Crippen LogP contribution in [-0.2, 0) is 6.18 Å². The zero-order chi connectivity index (χ0) is 24.3. The number of furan rings is 1. The maximum absolute atomic E-state index is 12.9. The molecule has 0 aliphatic rings. The Morgan fingerprint density at radius 2 is 1.61 bits per heavy atom. The largest absolute Gasteiger partial charge is 0.486 e. The monoisotopic (exact) mass is 460 g/mol. The number of carbonyl (C=O) groups is 1. The van der Waals surface area contributed by atoms with Gasteiger partial charge in [0.1, 0.15) is 23.4 Å². The molecular formula is C26H27F3O4. The summed E-state index contributed by atoms with van der Waals surface area (Å²) in [6, 6.07) is 12.9. The van der Waals surface area contributed by atoms with Crippen molar-refractivity contribution in [2.45, 2.75) is 52.3 Å². The number of hydrogen-bond donors (Lipinski definition) is 1. The number of aromatic carboxylic acids is 1. The molecule has 7 heteroatoms. The van der Waals surface area contributed by atoms with Gasteiger partial charge in [0.15, 0.2) is 0 Å². The second-order valence-electron chi connectivity index (χ2n) is 8.73. The highest BCUT2D eigenvalue weighted by molar-refractivity contribution is 5.87. The number of hydrogen-bond acceptors (Lipinski definition) is 3. The number of benzene rings is 2. The van der Waals surface area contributed by atoms with Crippen LogP contribution in [0.4, 0.5) is 13.2 Å². The Balaban J connectivity index is 1.97. The van der Waals surface area contributed by atoms with Gasteiger partial charge in [-0.2, -0.15) is 13.2 Å². The van der Waals surface area contributed by atoms with E-state index in [9.17, 15) is 18.0 Å². The second-order valence-corrected chi connectivity index (χ2v) is 8.73. The maximum Gasteiger partial charge on any atom is 0.416 e. The van der Waals surface area contributed by atoms with Crippen LogP contribution < -0.4 is 4.74 Å². The Morgan fingerprint density at radius 1 is 1.00 bits per heavy atom. The van der Waals surface area contributed by atoms with Gasteiger partial charge in [-0.3, -0.25) is 0 Å². The molecule has 0 saturated heterocycles. The third-order valence-corrected chi connectivity index (χ3v) is 5.22. The van der Waals surface area contributed by atoms with Gasteiger partial charge in [-0.1, -0.05) is 39.8 Å². The molecule has 3 rings (SSSR count). The first kappa shape index (κ1) is 24.4. The van der Waals surface area contributed by atoms with E-state index in [0.29, 0.717) is 29.3 Å². The summed E-state index contributed by atoms with van der Waals surface area (Å²) in [5, 5.41) is 9.11. The smallest absolute Gasteiger partial charge is 0.416 e. The minimum atomic E-state index is -4.40. The minimum absolute atomic E-state index is 0.0239. The third-order valence-electron chi connectivity index (χ3n) is 5.22. The Bertz CT molecular complexity index is 1080. The summed E-state index contributed by atoms with van der Waals surface area (Å²) in [5.74, 6) is 1.00. The van der Waals surface area contributed by atoms with Crippen molar-refractivity contribution in [2.75, 3.05) is 0 Å². The highest BCUT2D eigenvalue weighted by Gasteiger charge is 2.30. The standard InChI is InChI=1S/C26H27F3O4/c1-15(2)13-23(32-20-11-7-18(8-12-20)25(30)31)21-14-22(33-24(21)16(3)4)17-5-9-19(10-6-17)26(27,28)29/h5-12,14-16,23H,13H2,1-4H3,(H,30,31). The van der Waals surface area contributed by atoms with Gasteiger partial charge in [0.05, 0.1) is 11.1 Å². The second kappa shape index (κ2) is 9.73. The molecule has 0 fully saturated rings. The fourth-order valence-electron chi connectivity index (χ4n) is 3.59. The lowest BCUT2D eigenvalue weighted by atomic mass is 9.95. The molecule has 2 aromatic carbocycles. The van der Waals surface area contributed by atoms with Crippen LogP contribution >= 0.6 is 0 Å². The minimum Gasteiger partial charge on any atom is -0.486 e. The van der Waals surface area contributed by atoms with Crippen LogP contribution in [0, 0.1) is 5.92 Å². The lowest BCUT2D eigenvalue weighted by molar-refractivity contribution is -0.137. The van der Waals surface area contributed by atoms with Gasteiger partial charge in [0.2, 0.25) is 0 Å². The molecule has 1 atom stereocenters. The van der Waals surface area contributed by atoms with E-state index in [0.717, 1.165) is 17.7 Å². The first-order valence-electron chi connectivity index (χ1n) is 10.8. The Kier molecular flexibility index (Phi) is 7.20. The maximum atomic E-state index is 12.9. The first-order chi connectivity index (χ1) is 15.5. The molecule has 1 heterocycles. The van der Waals surface area contributed by atoms with Crippen LogP contribution in [0.5, 0.6) is 5.75 Å². The summed E-state index contributed by atoms with van der Waals surface area (Å²) < 4.78 is 51.1. The van der Waals surface area contributed by atoms with Gasteiger partial charge in [0.25, 0.3) is 0 Å². The average molecular weight is 460 g/mol. The van der Waals surface area contributed by atoms with Crippen LogP contribution in [0.2, 0.25) is 0 Å². The summed E-state index contributed by atoms with van der Waals surface area (Å²) in [6.45, 7) is 8.09. The number of rotatable bonds is 8. The van der Waals surface area contributed by atoms with Crippen molar-refractivity contribution in [3.63, 3.8) is 0 Å². The van der Waals surface area contributed by atoms with Crippen molar-refractivity contribution in [1.82, 2.24) is 0 Å². The Labute approximate surface area is 191 Å². The predicted molar refractivity (Wildman–Crippen MR) is 119 cm³/mol. The normalized spacial score (nSPS) is 12.9. The van der Waals surface area contributed by atoms with E-state index in [1.165, 1.54) is 24.3 Å². The molecule has 0 amide bonds. The highest BCUT2D eigenvalue weighted by Crippen LogP contribution is 2.39. The zero-order valence-electron chi connectivity index (χ0n) is 18.9. The fraction of sp³-hybridized carbons (Fsp3) is 0.346. The van der Waals surface area contributed by atoms with E-state index in [4.69, 9.17) is 14.3 Å². The SMILES string of the molecule is CC(C)CC(Oc1ccc(C(=O)O)cc1)c1cc(-c2ccc(C(F)(F)F)cc2)oc1C(C)C. The van der Waals surface area contributed by atoms with Gasteiger partial charge in [-0.25, -0.2) is 4.79 Å². The molecule has 176 valence electrons. The Hall–Kier alpha value is -3.22. The van der Waals surface area contributed by atoms with Crippen molar-refractivity contribution < 1.29 is 32.2 Å². The molecule has 3 aromatic rings. The summed E-state index contributed by atoms with van der Waals surface area (Å²) in [7, 11) is 0. The Morgan fingerprint density at radius 3 is 2.09 bits per heavy atom. The van der Waals surface area contributed by atoms with Crippen LogP contribution in [0.15, 0.2) is 59.0 Å². The van der Waals surface area contributed by atoms with E-state index >= 15 is 0 Å². The first-order valence-corrected chi connectivity index (χ1v) is 10.8. The number of carboxylic acid groups (broad SMARTS) is 1. The molecule has 0 saturated carbocycles. The summed E-state index contributed by atoms with van der Waals surface area (Å²) in [6.07, 6.45) is -4.10. The molecule has 0 aliphatic carbocycles. The van der Waals surface area contributed by atoms with E-state index in [-0.39, 0.29) is 23.5 Å². The van der Waals surface area contributed by atoms with E-state index in [2.05, 4.69) is 13.8 Å². The average Bonchev–Trinajstić information content (AvgIpc) is 3.19. The molecule has 1 N–H and O–H groups in total. The number of ether oxygens (including phenoxy) is 1. The van der Waals surface area contributed by atoms with E-state index in [1.807, 2.05) is 19.9 Å². The summed E-state index contributed by atoms with van der Waals surface area (Å²) in [5.41, 5.74) is 0.827. The fourth-order valence-corrected chi connectivity index (χ4v) is 3.59. The van der Waals surface area contributed by atoms with Crippen molar-refractivity contribution >= 4 is 5.97 Å². The zero-order valence-corrected chi connectivity index (χ0v) is 18.9. The third kappa shape index (κ3) is 5.97. The molecular weight excluding hydrogens is 433 g/mol. The number of halogens is 3. The molecule has 0 radical (unpaired) electrons. The van der Waals surface area contributed by atoms with Crippen LogP contribution in [0.25, 0.3) is 11.3 Å². The van der Waals surface area contributed by atoms with Gasteiger partial charge in [0, 0.05) is 17.0 Å². The lowest BCUT2D eigenvalue weighted by Gasteiger charge is -2.22. The lowest BCUT2D eigenvalue weighted by Crippen LogP contribution is -2.12. The van der Waals surface area contributed by atoms with Crippen molar-refractivity contribution in [3.8, 4) is 17.1 Å². The van der Waals surface area contributed by atoms with Crippen LogP contribution in [-0.4, -0.2) is 11.1 Å². The van der Waals surface area contributed by atoms with Gasteiger partial charge in [-0.05, 0) is 54.8 Å². The number of alkyl halides is 3. The predicted octanol–water partition coefficient (Wildman–Crippen LogP) is 7.95. The molecule has 0 bridgehead atoms. The van der Waals surface area contributed by atoms with Crippen molar-refractivity contribution in [1.29, 1.82) is 0 Å². The number of carboxylic acids is 1. The molecule has 0 spiro atoms. The summed E-state index contributed by atoms with van der Waals surface area (Å²) in [4.78, 5) is 11.1. The topological polar surface area (TPSA) is 59.7 Å². The van der Waals surface area contributed by atoms with Crippen molar-refractivity contribution in [3.05, 3.63) is 77.0 Å². The highest BCUT2D eigenvalue weighted by atomic mass is 19.4. The molecule has 1 unspecified atom stereocenters. The molecule has 0 aliphatic heterocycles. The van der Waals surface area contributed by atoms with Crippen LogP contribution in [0.1, 0.15) is 73.4 Å². The molecule has 33 heavy (non-hydrogen) atoms. The summed E-state index contributed by atoms with van der Waals surface area (Å²) >= 11 is 0. The quantitative estimate of drug-likeness (QED) is 0.370. The molecule has 1 aromatic heterocycles. The van der Waals surface area contributed by atoms with Crippen molar-refractivity contribution in [2.24, 2.45) is 5.92 Å². The van der Waals surface area contributed by atoms with E-state index < -0.39 is 17.7 Å². The molecule has 4 nitrogen and oxygen atoms in total. The van der Waals surface area contributed by atoms with Crippen LogP contribution in [0.3, 0.4) is 0 Å². The van der Waals surface area contributed by atoms with Gasteiger partial charge < -0.3 is 14.3 Å². The van der Waals surface area contributed by atoms with Gasteiger partial charge >= 0.3 is 12.1 Å². The van der Waals surface area contributed by atoms with Gasteiger partial charge in [-0.15, -0.1) is 0 Å².